The lowest BCUT2D eigenvalue weighted by Gasteiger charge is -2.33. The number of hydrogen-bond donors (Lipinski definition) is 1. The van der Waals surface area contributed by atoms with Gasteiger partial charge in [0.15, 0.2) is 11.5 Å². The van der Waals surface area contributed by atoms with E-state index >= 15 is 0 Å². The van der Waals surface area contributed by atoms with Gasteiger partial charge in [0.2, 0.25) is 11.8 Å². The number of carbonyl (C=O) groups is 2. The van der Waals surface area contributed by atoms with Gasteiger partial charge >= 0.3 is 0 Å². The molecule has 12 heteroatoms. The highest BCUT2D eigenvalue weighted by molar-refractivity contribution is 7.92. The molecule has 0 saturated carbocycles. The van der Waals surface area contributed by atoms with Crippen LogP contribution >= 0.6 is 23.2 Å². The van der Waals surface area contributed by atoms with Gasteiger partial charge in [-0.1, -0.05) is 49.2 Å². The van der Waals surface area contributed by atoms with Crippen molar-refractivity contribution in [3.8, 4) is 11.5 Å². The Hall–Kier alpha value is -3.47. The zero-order valence-electron chi connectivity index (χ0n) is 24.0. The summed E-state index contributed by atoms with van der Waals surface area (Å²) in [5, 5.41) is 3.78. The summed E-state index contributed by atoms with van der Waals surface area (Å²) in [5.74, 6) is -0.322. The van der Waals surface area contributed by atoms with Crippen LogP contribution in [-0.2, 0) is 26.2 Å². The summed E-state index contributed by atoms with van der Waals surface area (Å²) in [6.07, 6.45) is 1.04. The van der Waals surface area contributed by atoms with Gasteiger partial charge < -0.3 is 19.7 Å². The topological polar surface area (TPSA) is 105 Å². The molecule has 1 unspecified atom stereocenters. The van der Waals surface area contributed by atoms with Gasteiger partial charge in [0.05, 0.1) is 24.8 Å². The van der Waals surface area contributed by atoms with Crippen molar-refractivity contribution < 1.29 is 27.5 Å². The molecule has 0 spiro atoms. The highest BCUT2D eigenvalue weighted by Gasteiger charge is 2.34. The van der Waals surface area contributed by atoms with Crippen molar-refractivity contribution in [1.82, 2.24) is 10.2 Å². The number of ether oxygens (including phenoxy) is 2. The number of nitrogens with one attached hydrogen (secondary N) is 1. The first-order chi connectivity index (χ1) is 20.0. The van der Waals surface area contributed by atoms with Crippen molar-refractivity contribution in [2.45, 2.75) is 44.2 Å². The minimum Gasteiger partial charge on any atom is -0.493 e. The van der Waals surface area contributed by atoms with Crippen LogP contribution in [0.4, 0.5) is 5.69 Å². The Balaban J connectivity index is 2.08. The lowest BCUT2D eigenvalue weighted by Crippen LogP contribution is -2.52. The number of rotatable bonds is 14. The average Bonchev–Trinajstić information content (AvgIpc) is 2.99. The van der Waals surface area contributed by atoms with E-state index in [1.807, 2.05) is 6.92 Å². The predicted molar refractivity (Wildman–Crippen MR) is 165 cm³/mol. The maximum atomic E-state index is 14.1. The first-order valence-electron chi connectivity index (χ1n) is 13.4. The molecule has 2 amide bonds. The lowest BCUT2D eigenvalue weighted by molar-refractivity contribution is -0.140. The van der Waals surface area contributed by atoms with Crippen molar-refractivity contribution in [3.05, 3.63) is 82.3 Å². The minimum atomic E-state index is -4.31. The first kappa shape index (κ1) is 33.0. The van der Waals surface area contributed by atoms with E-state index in [-0.39, 0.29) is 28.8 Å². The third-order valence-corrected chi connectivity index (χ3v) is 8.81. The number of benzene rings is 3. The van der Waals surface area contributed by atoms with E-state index in [0.717, 1.165) is 16.3 Å². The maximum absolute atomic E-state index is 14.1. The molecule has 0 radical (unpaired) electrons. The summed E-state index contributed by atoms with van der Waals surface area (Å²) >= 11 is 12.1. The van der Waals surface area contributed by atoms with E-state index in [0.29, 0.717) is 28.8 Å². The Bertz CT molecular complexity index is 1470. The van der Waals surface area contributed by atoms with Gasteiger partial charge in [-0.15, -0.1) is 0 Å². The van der Waals surface area contributed by atoms with Crippen molar-refractivity contribution in [2.75, 3.05) is 31.6 Å². The number of amides is 2. The van der Waals surface area contributed by atoms with Gasteiger partial charge in [-0.2, -0.15) is 0 Å². The summed E-state index contributed by atoms with van der Waals surface area (Å²) in [6, 6.07) is 16.4. The minimum absolute atomic E-state index is 0.0684. The van der Waals surface area contributed by atoms with Gasteiger partial charge in [0, 0.05) is 29.2 Å². The van der Waals surface area contributed by atoms with E-state index in [1.54, 1.807) is 31.2 Å². The number of carbonyl (C=O) groups excluding carboxylic acids is 2. The maximum Gasteiger partial charge on any atom is 0.264 e. The van der Waals surface area contributed by atoms with Crippen LogP contribution < -0.4 is 19.1 Å². The molecule has 3 aromatic rings. The Kier molecular flexibility index (Phi) is 11.9. The monoisotopic (exact) mass is 635 g/mol. The van der Waals surface area contributed by atoms with Crippen LogP contribution in [0.1, 0.15) is 32.3 Å². The molecular weight excluding hydrogens is 601 g/mol. The fraction of sp³-hybridized carbons (Fsp3) is 0.333. The van der Waals surface area contributed by atoms with E-state index in [2.05, 4.69) is 5.32 Å². The second-order valence-electron chi connectivity index (χ2n) is 9.37. The molecule has 9 nitrogen and oxygen atoms in total. The van der Waals surface area contributed by atoms with Gasteiger partial charge in [-0.05, 0) is 66.9 Å². The Morgan fingerprint density at radius 3 is 2.02 bits per heavy atom. The third kappa shape index (κ3) is 8.08. The summed E-state index contributed by atoms with van der Waals surface area (Å²) in [6.45, 7) is 3.67. The summed E-state index contributed by atoms with van der Waals surface area (Å²) in [5.41, 5.74) is 0.952. The molecule has 226 valence electrons. The SMILES string of the molecule is CCCNC(=O)C(CC)N(Cc1ccc(Cl)cc1)C(=O)CN(c1ccc(Cl)cc1)S(=O)(=O)c1ccc(OC)c(OC)c1. The highest BCUT2D eigenvalue weighted by atomic mass is 35.5. The van der Waals surface area contributed by atoms with Gasteiger partial charge in [-0.25, -0.2) is 8.42 Å². The lowest BCUT2D eigenvalue weighted by atomic mass is 10.1. The number of halogens is 2. The molecule has 0 saturated heterocycles. The van der Waals surface area contributed by atoms with Crippen molar-refractivity contribution in [2.24, 2.45) is 0 Å². The number of sulfonamides is 1. The van der Waals surface area contributed by atoms with Crippen LogP contribution in [0.25, 0.3) is 0 Å². The second kappa shape index (κ2) is 15.1. The summed E-state index contributed by atoms with van der Waals surface area (Å²) < 4.78 is 39.7. The summed E-state index contributed by atoms with van der Waals surface area (Å²) in [7, 11) is -1.46. The molecule has 3 rings (SSSR count). The Morgan fingerprint density at radius 1 is 0.881 bits per heavy atom. The van der Waals surface area contributed by atoms with Crippen LogP contribution in [0.5, 0.6) is 11.5 Å². The first-order valence-corrected chi connectivity index (χ1v) is 15.6. The van der Waals surface area contributed by atoms with Crippen molar-refractivity contribution >= 4 is 50.7 Å². The third-order valence-electron chi connectivity index (χ3n) is 6.54. The van der Waals surface area contributed by atoms with Crippen LogP contribution in [0.2, 0.25) is 10.0 Å². The summed E-state index contributed by atoms with van der Waals surface area (Å²) in [4.78, 5) is 28.5. The highest BCUT2D eigenvalue weighted by Crippen LogP contribution is 2.33. The Morgan fingerprint density at radius 2 is 1.48 bits per heavy atom. The molecule has 1 atom stereocenters. The zero-order valence-corrected chi connectivity index (χ0v) is 26.3. The molecule has 0 heterocycles. The molecule has 0 aliphatic rings. The molecule has 0 bridgehead atoms. The van der Waals surface area contributed by atoms with Crippen LogP contribution in [0, 0.1) is 0 Å². The number of anilines is 1. The Labute approximate surface area is 257 Å². The molecule has 42 heavy (non-hydrogen) atoms. The van der Waals surface area contributed by atoms with E-state index in [9.17, 15) is 18.0 Å². The largest absolute Gasteiger partial charge is 0.493 e. The standard InChI is InChI=1S/C30H35Cl2N3O6S/c1-5-17-33-30(37)26(6-2)34(19-21-7-9-22(31)10-8-21)29(36)20-35(24-13-11-23(32)12-14-24)42(38,39)25-15-16-27(40-3)28(18-25)41-4/h7-16,18,26H,5-6,17,19-20H2,1-4H3,(H,33,37). The van der Waals surface area contributed by atoms with Crippen LogP contribution in [-0.4, -0.2) is 58.5 Å². The van der Waals surface area contributed by atoms with Crippen LogP contribution in [0.15, 0.2) is 71.6 Å². The smallest absolute Gasteiger partial charge is 0.264 e. The molecule has 0 aliphatic carbocycles. The zero-order chi connectivity index (χ0) is 30.9. The van der Waals surface area contributed by atoms with E-state index in [1.165, 1.54) is 61.6 Å². The number of methoxy groups -OCH3 is 2. The van der Waals surface area contributed by atoms with Crippen molar-refractivity contribution in [1.29, 1.82) is 0 Å². The number of hydrogen-bond acceptors (Lipinski definition) is 6. The molecule has 0 fully saturated rings. The number of nitrogens with zero attached hydrogens (tertiary/aromatic N) is 2. The predicted octanol–water partition coefficient (Wildman–Crippen LogP) is 5.54. The average molecular weight is 637 g/mol. The second-order valence-corrected chi connectivity index (χ2v) is 12.1. The quantitative estimate of drug-likeness (QED) is 0.249. The van der Waals surface area contributed by atoms with Gasteiger partial charge in [-0.3, -0.25) is 13.9 Å². The normalized spacial score (nSPS) is 11.9. The van der Waals surface area contributed by atoms with Crippen LogP contribution in [0.3, 0.4) is 0 Å². The van der Waals surface area contributed by atoms with Gasteiger partial charge in [0.25, 0.3) is 10.0 Å². The molecule has 0 aliphatic heterocycles. The molecule has 0 aromatic heterocycles. The molecule has 3 aromatic carbocycles. The fourth-order valence-electron chi connectivity index (χ4n) is 4.31. The molecular formula is C30H35Cl2N3O6S. The van der Waals surface area contributed by atoms with E-state index < -0.39 is 28.5 Å². The molecule has 1 N–H and O–H groups in total. The van der Waals surface area contributed by atoms with Gasteiger partial charge in [0.1, 0.15) is 12.6 Å². The fourth-order valence-corrected chi connectivity index (χ4v) is 5.99. The van der Waals surface area contributed by atoms with E-state index in [4.69, 9.17) is 32.7 Å². The van der Waals surface area contributed by atoms with Crippen molar-refractivity contribution in [3.63, 3.8) is 0 Å².